The zero-order valence-corrected chi connectivity index (χ0v) is 12.4. The molecule has 0 aliphatic rings. The Morgan fingerprint density at radius 1 is 1.30 bits per heavy atom. The summed E-state index contributed by atoms with van der Waals surface area (Å²) in [5.74, 6) is 1.07. The molecule has 1 aromatic carbocycles. The largest absolute Gasteiger partial charge is 0.478 e. The van der Waals surface area contributed by atoms with Gasteiger partial charge >= 0.3 is 0 Å². The van der Waals surface area contributed by atoms with E-state index in [1.54, 1.807) is 12.3 Å². The van der Waals surface area contributed by atoms with Gasteiger partial charge in [-0.3, -0.25) is 0 Å². The highest BCUT2D eigenvalue weighted by Crippen LogP contribution is 2.28. The highest BCUT2D eigenvalue weighted by Gasteiger charge is 2.09. The van der Waals surface area contributed by atoms with E-state index in [4.69, 9.17) is 16.3 Å². The quantitative estimate of drug-likeness (QED) is 0.806. The second-order valence-electron chi connectivity index (χ2n) is 4.40. The van der Waals surface area contributed by atoms with Crippen LogP contribution in [0, 0.1) is 0 Å². The first-order valence-electron chi connectivity index (χ1n) is 6.66. The van der Waals surface area contributed by atoms with Crippen molar-refractivity contribution in [3.63, 3.8) is 0 Å². The maximum atomic E-state index is 6.17. The van der Waals surface area contributed by atoms with Gasteiger partial charge in [-0.2, -0.15) is 4.98 Å². The molecule has 20 heavy (non-hydrogen) atoms. The fourth-order valence-electron chi connectivity index (χ4n) is 1.77. The first-order chi connectivity index (χ1) is 9.70. The minimum absolute atomic E-state index is 0.0850. The molecule has 0 fully saturated rings. The van der Waals surface area contributed by atoms with Crippen LogP contribution in [0.5, 0.6) is 5.88 Å². The van der Waals surface area contributed by atoms with E-state index in [-0.39, 0.29) is 5.38 Å². The molecule has 106 valence electrons. The monoisotopic (exact) mass is 291 g/mol. The molecule has 2 rings (SSSR count). The molecule has 0 radical (unpaired) electrons. The second-order valence-corrected chi connectivity index (χ2v) is 5.05. The van der Waals surface area contributed by atoms with E-state index >= 15 is 0 Å². The van der Waals surface area contributed by atoms with Crippen molar-refractivity contribution in [2.45, 2.75) is 25.6 Å². The van der Waals surface area contributed by atoms with Gasteiger partial charge in [-0.05, 0) is 25.0 Å². The maximum absolute atomic E-state index is 6.17. The lowest BCUT2D eigenvalue weighted by molar-refractivity contribution is 0.305. The number of para-hydroxylation sites is 1. The predicted molar refractivity (Wildman–Crippen MR) is 81.8 cm³/mol. The van der Waals surface area contributed by atoms with Crippen LogP contribution in [0.25, 0.3) is 0 Å². The zero-order valence-electron chi connectivity index (χ0n) is 11.6. The summed E-state index contributed by atoms with van der Waals surface area (Å²) in [6.45, 7) is 4.63. The van der Waals surface area contributed by atoms with Crippen molar-refractivity contribution < 1.29 is 4.74 Å². The standard InChI is InChI=1S/C15H18ClN3O/c1-3-10-20-14-8-9-17-15(19-14)18-13-7-5-4-6-12(13)11(2)16/h4-9,11H,3,10H2,1-2H3,(H,17,18,19). The van der Waals surface area contributed by atoms with E-state index in [9.17, 15) is 0 Å². The molecule has 0 bridgehead atoms. The fourth-order valence-corrected chi connectivity index (χ4v) is 1.96. The number of hydrogen-bond acceptors (Lipinski definition) is 4. The Balaban J connectivity index is 2.17. The average Bonchev–Trinajstić information content (AvgIpc) is 2.46. The molecular weight excluding hydrogens is 274 g/mol. The summed E-state index contributed by atoms with van der Waals surface area (Å²) >= 11 is 6.17. The topological polar surface area (TPSA) is 47.0 Å². The van der Waals surface area contributed by atoms with Gasteiger partial charge < -0.3 is 10.1 Å². The van der Waals surface area contributed by atoms with E-state index in [0.29, 0.717) is 18.4 Å². The third-order valence-electron chi connectivity index (χ3n) is 2.72. The smallest absolute Gasteiger partial charge is 0.230 e. The molecule has 5 heteroatoms. The lowest BCUT2D eigenvalue weighted by Crippen LogP contribution is -2.03. The summed E-state index contributed by atoms with van der Waals surface area (Å²) in [4.78, 5) is 8.52. The minimum atomic E-state index is -0.0850. The van der Waals surface area contributed by atoms with Crippen LogP contribution >= 0.6 is 11.6 Å². The Labute approximate surface area is 124 Å². The number of nitrogens with one attached hydrogen (secondary N) is 1. The highest BCUT2D eigenvalue weighted by molar-refractivity contribution is 6.21. The number of alkyl halides is 1. The molecule has 0 aliphatic carbocycles. The van der Waals surface area contributed by atoms with Crippen LogP contribution in [0.4, 0.5) is 11.6 Å². The third kappa shape index (κ3) is 3.84. The molecule has 0 aliphatic heterocycles. The van der Waals surface area contributed by atoms with Gasteiger partial charge in [-0.1, -0.05) is 25.1 Å². The normalized spacial score (nSPS) is 11.9. The van der Waals surface area contributed by atoms with E-state index in [0.717, 1.165) is 17.7 Å². The highest BCUT2D eigenvalue weighted by atomic mass is 35.5. The molecule has 0 saturated heterocycles. The zero-order chi connectivity index (χ0) is 14.4. The number of benzene rings is 1. The van der Waals surface area contributed by atoms with Gasteiger partial charge in [0.2, 0.25) is 11.8 Å². The van der Waals surface area contributed by atoms with Crippen molar-refractivity contribution in [1.29, 1.82) is 0 Å². The van der Waals surface area contributed by atoms with Crippen LogP contribution in [-0.2, 0) is 0 Å². The van der Waals surface area contributed by atoms with Crippen molar-refractivity contribution in [3.05, 3.63) is 42.1 Å². The molecular formula is C15H18ClN3O. The van der Waals surface area contributed by atoms with E-state index in [2.05, 4.69) is 22.2 Å². The molecule has 0 spiro atoms. The average molecular weight is 292 g/mol. The van der Waals surface area contributed by atoms with Crippen LogP contribution < -0.4 is 10.1 Å². The van der Waals surface area contributed by atoms with Gasteiger partial charge in [-0.15, -0.1) is 11.6 Å². The lowest BCUT2D eigenvalue weighted by Gasteiger charge is -2.12. The number of halogens is 1. The predicted octanol–water partition coefficient (Wildman–Crippen LogP) is 4.31. The number of anilines is 2. The number of rotatable bonds is 6. The van der Waals surface area contributed by atoms with Crippen molar-refractivity contribution in [3.8, 4) is 5.88 Å². The molecule has 1 atom stereocenters. The first kappa shape index (κ1) is 14.6. The van der Waals surface area contributed by atoms with Gasteiger partial charge in [0.1, 0.15) is 0 Å². The van der Waals surface area contributed by atoms with Gasteiger partial charge in [0.05, 0.1) is 12.0 Å². The van der Waals surface area contributed by atoms with Crippen LogP contribution in [0.3, 0.4) is 0 Å². The first-order valence-corrected chi connectivity index (χ1v) is 7.10. The van der Waals surface area contributed by atoms with Crippen LogP contribution in [-0.4, -0.2) is 16.6 Å². The molecule has 0 amide bonds. The van der Waals surface area contributed by atoms with E-state index in [1.165, 1.54) is 0 Å². The maximum Gasteiger partial charge on any atom is 0.230 e. The summed E-state index contributed by atoms with van der Waals surface area (Å²) in [5, 5.41) is 3.10. The Kier molecular flexibility index (Phi) is 5.18. The Morgan fingerprint density at radius 2 is 2.10 bits per heavy atom. The van der Waals surface area contributed by atoms with Crippen LogP contribution in [0.2, 0.25) is 0 Å². The molecule has 1 unspecified atom stereocenters. The Morgan fingerprint density at radius 3 is 2.85 bits per heavy atom. The van der Waals surface area contributed by atoms with E-state index in [1.807, 2.05) is 31.2 Å². The summed E-state index contributed by atoms with van der Waals surface area (Å²) < 4.78 is 5.49. The summed E-state index contributed by atoms with van der Waals surface area (Å²) in [6, 6.07) is 9.59. The molecule has 2 aromatic rings. The van der Waals surface area contributed by atoms with Crippen molar-refractivity contribution in [2.75, 3.05) is 11.9 Å². The van der Waals surface area contributed by atoms with Crippen LogP contribution in [0.1, 0.15) is 31.2 Å². The third-order valence-corrected chi connectivity index (χ3v) is 2.96. The van der Waals surface area contributed by atoms with Crippen LogP contribution in [0.15, 0.2) is 36.5 Å². The molecule has 0 saturated carbocycles. The van der Waals surface area contributed by atoms with Gasteiger partial charge in [-0.25, -0.2) is 4.98 Å². The van der Waals surface area contributed by atoms with Crippen molar-refractivity contribution in [1.82, 2.24) is 9.97 Å². The SMILES string of the molecule is CCCOc1ccnc(Nc2ccccc2C(C)Cl)n1. The second kappa shape index (κ2) is 7.10. The molecule has 1 aromatic heterocycles. The lowest BCUT2D eigenvalue weighted by atomic mass is 10.1. The molecule has 4 nitrogen and oxygen atoms in total. The fraction of sp³-hybridized carbons (Fsp3) is 0.333. The summed E-state index contributed by atoms with van der Waals surface area (Å²) in [5.41, 5.74) is 1.92. The summed E-state index contributed by atoms with van der Waals surface area (Å²) in [7, 11) is 0. The molecule has 1 N–H and O–H groups in total. The molecule has 1 heterocycles. The minimum Gasteiger partial charge on any atom is -0.478 e. The summed E-state index contributed by atoms with van der Waals surface area (Å²) in [6.07, 6.45) is 2.62. The van der Waals surface area contributed by atoms with E-state index < -0.39 is 0 Å². The Bertz CT molecular complexity index is 560. The van der Waals surface area contributed by atoms with Gasteiger partial charge in [0.15, 0.2) is 0 Å². The van der Waals surface area contributed by atoms with Gasteiger partial charge in [0.25, 0.3) is 0 Å². The van der Waals surface area contributed by atoms with Gasteiger partial charge in [0, 0.05) is 18.0 Å². The van der Waals surface area contributed by atoms with Crippen molar-refractivity contribution in [2.24, 2.45) is 0 Å². The number of aromatic nitrogens is 2. The van der Waals surface area contributed by atoms with Crippen molar-refractivity contribution >= 4 is 23.2 Å². The number of nitrogens with zero attached hydrogens (tertiary/aromatic N) is 2. The Hall–Kier alpha value is -1.81. The number of ether oxygens (including phenoxy) is 1. The number of hydrogen-bond donors (Lipinski definition) is 1.